The van der Waals surface area contributed by atoms with Crippen LogP contribution >= 0.6 is 0 Å². The van der Waals surface area contributed by atoms with Crippen LogP contribution in [0.2, 0.25) is 0 Å². The first-order valence-electron chi connectivity index (χ1n) is 15.2. The molecule has 1 heterocycles. The van der Waals surface area contributed by atoms with Gasteiger partial charge in [0, 0.05) is 25.3 Å². The first-order chi connectivity index (χ1) is 21.2. The van der Waals surface area contributed by atoms with Gasteiger partial charge in [0.05, 0.1) is 5.41 Å². The van der Waals surface area contributed by atoms with Crippen molar-refractivity contribution in [3.63, 3.8) is 0 Å². The predicted molar refractivity (Wildman–Crippen MR) is 170 cm³/mol. The lowest BCUT2D eigenvalue weighted by atomic mass is 9.93. The van der Waals surface area contributed by atoms with Gasteiger partial charge in [0.1, 0.15) is 12.1 Å². The van der Waals surface area contributed by atoms with Crippen LogP contribution in [0.3, 0.4) is 0 Å². The molecule has 2 aromatic rings. The highest BCUT2D eigenvalue weighted by Crippen LogP contribution is 2.26. The number of nitrogens with one attached hydrogen (secondary N) is 2. The van der Waals surface area contributed by atoms with Gasteiger partial charge in [-0.15, -0.1) is 0 Å². The van der Waals surface area contributed by atoms with Gasteiger partial charge in [-0.3, -0.25) is 14.4 Å². The number of phenols is 2. The van der Waals surface area contributed by atoms with Crippen molar-refractivity contribution in [3.8, 4) is 11.5 Å². The summed E-state index contributed by atoms with van der Waals surface area (Å²) in [6, 6.07) is 12.7. The Balaban J connectivity index is 1.93. The fourth-order valence-corrected chi connectivity index (χ4v) is 4.63. The summed E-state index contributed by atoms with van der Waals surface area (Å²) in [4.78, 5) is 53.0. The minimum atomic E-state index is -1.22. The molecule has 1 aliphatic heterocycles. The Morgan fingerprint density at radius 3 is 2.36 bits per heavy atom. The smallest absolute Gasteiger partial charge is 0.347 e. The molecule has 1 aliphatic rings. The Hall–Kier alpha value is -4.60. The molecule has 0 aliphatic carbocycles. The summed E-state index contributed by atoms with van der Waals surface area (Å²) in [6.45, 7) is 8.74. The number of cyclic esters (lactones) is 2. The number of phenolic OH excluding ortho intramolecular Hbond substituents is 2. The second-order valence-corrected chi connectivity index (χ2v) is 12.5. The van der Waals surface area contributed by atoms with Gasteiger partial charge in [-0.2, -0.15) is 0 Å². The maximum Gasteiger partial charge on any atom is 0.347 e. The summed E-state index contributed by atoms with van der Waals surface area (Å²) < 4.78 is 11.7. The largest absolute Gasteiger partial charge is 0.504 e. The third-order valence-corrected chi connectivity index (χ3v) is 7.45. The number of aromatic hydroxyl groups is 2. The third-order valence-electron chi connectivity index (χ3n) is 7.45. The maximum atomic E-state index is 13.4. The maximum absolute atomic E-state index is 13.4. The first kappa shape index (κ1) is 34.9. The van der Waals surface area contributed by atoms with E-state index in [1.165, 1.54) is 24.3 Å². The Kier molecular flexibility index (Phi) is 12.3. The molecule has 0 unspecified atom stereocenters. The van der Waals surface area contributed by atoms with Gasteiger partial charge in [0.25, 0.3) is 0 Å². The van der Waals surface area contributed by atoms with Crippen molar-refractivity contribution in [2.24, 2.45) is 17.3 Å². The summed E-state index contributed by atoms with van der Waals surface area (Å²) in [7, 11) is 0. The van der Waals surface area contributed by atoms with Gasteiger partial charge in [-0.1, -0.05) is 75.4 Å². The predicted octanol–water partition coefficient (Wildman–Crippen LogP) is 4.45. The fraction of sp³-hybridized carbons (Fsp3) is 0.429. The first-order valence-corrected chi connectivity index (χ1v) is 15.2. The summed E-state index contributed by atoms with van der Waals surface area (Å²) in [5, 5.41) is 25.0. The number of amides is 2. The summed E-state index contributed by atoms with van der Waals surface area (Å²) >= 11 is 0. The molecule has 4 atom stereocenters. The molecule has 3 rings (SSSR count). The lowest BCUT2D eigenvalue weighted by Crippen LogP contribution is -2.51. The van der Waals surface area contributed by atoms with E-state index in [4.69, 9.17) is 9.47 Å². The number of benzene rings is 2. The second kappa shape index (κ2) is 15.9. The Morgan fingerprint density at radius 1 is 0.978 bits per heavy atom. The highest BCUT2D eigenvalue weighted by molar-refractivity contribution is 5.93. The molecule has 0 radical (unpaired) electrons. The minimum absolute atomic E-state index is 0.00213. The summed E-state index contributed by atoms with van der Waals surface area (Å²) in [6.07, 6.45) is 5.27. The molecule has 4 N–H and O–H groups in total. The summed E-state index contributed by atoms with van der Waals surface area (Å²) in [5.41, 5.74) is 0.239. The van der Waals surface area contributed by atoms with E-state index < -0.39 is 47.4 Å². The molecular formula is C35H44N2O8. The number of carbonyl (C=O) groups is 4. The van der Waals surface area contributed by atoms with E-state index in [1.54, 1.807) is 19.9 Å². The molecule has 10 nitrogen and oxygen atoms in total. The van der Waals surface area contributed by atoms with Crippen molar-refractivity contribution >= 4 is 29.8 Å². The van der Waals surface area contributed by atoms with E-state index in [0.717, 1.165) is 5.56 Å². The van der Waals surface area contributed by atoms with Crippen molar-refractivity contribution in [1.82, 2.24) is 10.6 Å². The van der Waals surface area contributed by atoms with E-state index >= 15 is 0 Å². The van der Waals surface area contributed by atoms with Gasteiger partial charge in [0.2, 0.25) is 11.8 Å². The number of carbonyl (C=O) groups excluding carboxylic acids is 4. The van der Waals surface area contributed by atoms with Crippen LogP contribution in [-0.4, -0.2) is 58.8 Å². The molecule has 0 saturated heterocycles. The number of hydrogen-bond donors (Lipinski definition) is 4. The van der Waals surface area contributed by atoms with E-state index in [0.29, 0.717) is 5.56 Å². The van der Waals surface area contributed by atoms with Crippen LogP contribution < -0.4 is 10.6 Å². The van der Waals surface area contributed by atoms with Crippen LogP contribution in [0.1, 0.15) is 58.6 Å². The molecule has 0 fully saturated rings. The second-order valence-electron chi connectivity index (χ2n) is 12.5. The topological polar surface area (TPSA) is 151 Å². The van der Waals surface area contributed by atoms with Crippen LogP contribution in [0.5, 0.6) is 11.5 Å². The van der Waals surface area contributed by atoms with Crippen LogP contribution in [0.15, 0.2) is 66.8 Å². The zero-order valence-electron chi connectivity index (χ0n) is 26.5. The lowest BCUT2D eigenvalue weighted by molar-refractivity contribution is -0.178. The van der Waals surface area contributed by atoms with Crippen LogP contribution in [0.4, 0.5) is 0 Å². The van der Waals surface area contributed by atoms with E-state index in [-0.39, 0.29) is 49.1 Å². The van der Waals surface area contributed by atoms with Crippen molar-refractivity contribution in [3.05, 3.63) is 77.9 Å². The van der Waals surface area contributed by atoms with Crippen LogP contribution in [0.25, 0.3) is 6.08 Å². The molecule has 45 heavy (non-hydrogen) atoms. The van der Waals surface area contributed by atoms with Gasteiger partial charge < -0.3 is 30.3 Å². The normalized spacial score (nSPS) is 23.1. The molecule has 0 bridgehead atoms. The van der Waals surface area contributed by atoms with Crippen molar-refractivity contribution in [1.29, 1.82) is 0 Å². The van der Waals surface area contributed by atoms with Gasteiger partial charge in [0.15, 0.2) is 17.6 Å². The molecule has 10 heteroatoms. The Labute approximate surface area is 264 Å². The number of hydrogen-bond acceptors (Lipinski definition) is 8. The van der Waals surface area contributed by atoms with Gasteiger partial charge in [-0.05, 0) is 55.5 Å². The van der Waals surface area contributed by atoms with E-state index in [9.17, 15) is 29.4 Å². The van der Waals surface area contributed by atoms with E-state index in [2.05, 4.69) is 10.6 Å². The molecule has 0 saturated carbocycles. The van der Waals surface area contributed by atoms with Gasteiger partial charge >= 0.3 is 11.9 Å². The van der Waals surface area contributed by atoms with Crippen molar-refractivity contribution in [2.75, 3.05) is 6.54 Å². The molecule has 0 aromatic heterocycles. The average molecular weight is 621 g/mol. The standard InChI is InChI=1S/C35H44N2O8/c1-22(2)18-30-33(42)44-29(23(3)14-15-24-10-7-6-8-11-24)12-9-13-31(40)37-26(19-25-16-17-27(38)28(39)20-25)32(41)36-21-35(4,5)34(43)45-30/h6-11,13-17,20,22-23,26,29-30,38-39H,12,18-19,21H2,1-5H3,(H,36,41)(H,37,40)/b13-9+,15-14+/t23-,26-,29+,30+/m1/s1. The Morgan fingerprint density at radius 2 is 1.69 bits per heavy atom. The number of esters is 2. The average Bonchev–Trinajstić information content (AvgIpc) is 2.99. The zero-order valence-corrected chi connectivity index (χ0v) is 26.5. The minimum Gasteiger partial charge on any atom is -0.504 e. The SMILES string of the molecule is CC(C)C[C@@H]1OC(=O)C(C)(C)CNC(=O)[C@@H](Cc2ccc(O)c(O)c2)NC(=O)/C=C/C[C@@H]([C@H](C)/C=C/c2ccccc2)OC1=O. The highest BCUT2D eigenvalue weighted by atomic mass is 16.6. The number of ether oxygens (including phenoxy) is 2. The van der Waals surface area contributed by atoms with Crippen LogP contribution in [0, 0.1) is 17.3 Å². The molecule has 2 aromatic carbocycles. The quantitative estimate of drug-likeness (QED) is 0.262. The Bertz CT molecular complexity index is 1400. The molecule has 0 spiro atoms. The number of rotatable bonds is 7. The van der Waals surface area contributed by atoms with Crippen molar-refractivity contribution in [2.45, 2.75) is 72.1 Å². The van der Waals surface area contributed by atoms with Gasteiger partial charge in [-0.25, -0.2) is 4.79 Å². The molecule has 2 amide bonds. The monoisotopic (exact) mass is 620 g/mol. The molecule has 242 valence electrons. The zero-order chi connectivity index (χ0) is 33.1. The van der Waals surface area contributed by atoms with Crippen LogP contribution in [-0.2, 0) is 35.1 Å². The highest BCUT2D eigenvalue weighted by Gasteiger charge is 2.37. The lowest BCUT2D eigenvalue weighted by Gasteiger charge is -2.29. The van der Waals surface area contributed by atoms with E-state index in [1.807, 2.05) is 63.3 Å². The molecular weight excluding hydrogens is 576 g/mol. The summed E-state index contributed by atoms with van der Waals surface area (Å²) in [5.74, 6) is -3.41. The fourth-order valence-electron chi connectivity index (χ4n) is 4.63. The third kappa shape index (κ3) is 10.8. The van der Waals surface area contributed by atoms with Crippen molar-refractivity contribution < 1.29 is 38.9 Å².